The molecule has 0 aliphatic carbocycles. The van der Waals surface area contributed by atoms with Gasteiger partial charge >= 0.3 is 0 Å². The number of piperidine rings is 1. The summed E-state index contributed by atoms with van der Waals surface area (Å²) < 4.78 is 26.3. The number of carbonyl (C=O) groups excluding carboxylic acids is 3. The number of Topliss-reactive ketones (excluding diaryl/α,β-unsaturated/α-hetero) is 1. The zero-order valence-electron chi connectivity index (χ0n) is 14.0. The van der Waals surface area contributed by atoms with Crippen molar-refractivity contribution >= 4 is 17.6 Å². The molecule has 1 fully saturated rings. The number of carbonyl (C=O) groups is 3. The fraction of sp³-hybridized carbons (Fsp3) is 0.471. The van der Waals surface area contributed by atoms with E-state index in [0.29, 0.717) is 12.5 Å². The first-order chi connectivity index (χ1) is 11.7. The summed E-state index contributed by atoms with van der Waals surface area (Å²) in [5.74, 6) is -3.53. The summed E-state index contributed by atoms with van der Waals surface area (Å²) in [6.07, 6.45) is 0.126. The quantitative estimate of drug-likeness (QED) is 0.715. The maximum atomic E-state index is 13.2. The van der Waals surface area contributed by atoms with Crippen LogP contribution in [0.4, 0.5) is 8.78 Å². The number of nitrogens with one attached hydrogen (secondary N) is 2. The molecule has 0 saturated carbocycles. The molecule has 1 aliphatic heterocycles. The molecule has 1 heterocycles. The van der Waals surface area contributed by atoms with Crippen molar-refractivity contribution < 1.29 is 23.2 Å². The lowest BCUT2D eigenvalue weighted by atomic mass is 9.83. The minimum atomic E-state index is -0.958. The molecule has 6 nitrogen and oxygen atoms in total. The number of hydrogen-bond donors (Lipinski definition) is 3. The Morgan fingerprint density at radius 2 is 1.92 bits per heavy atom. The fourth-order valence-electron chi connectivity index (χ4n) is 2.98. The first-order valence-electron chi connectivity index (χ1n) is 8.01. The summed E-state index contributed by atoms with van der Waals surface area (Å²) in [5, 5.41) is 5.16. The Kier molecular flexibility index (Phi) is 5.84. The van der Waals surface area contributed by atoms with Gasteiger partial charge in [0.15, 0.2) is 5.78 Å². The van der Waals surface area contributed by atoms with E-state index in [1.54, 1.807) is 6.92 Å². The summed E-state index contributed by atoms with van der Waals surface area (Å²) in [6, 6.07) is 0.820. The van der Waals surface area contributed by atoms with Crippen molar-refractivity contribution in [2.45, 2.75) is 44.8 Å². The predicted octanol–water partition coefficient (Wildman–Crippen LogP) is 0.433. The molecule has 8 heteroatoms. The average molecular weight is 353 g/mol. The van der Waals surface area contributed by atoms with Crippen molar-refractivity contribution in [3.8, 4) is 0 Å². The SMILES string of the molecule is CC1C[C@H](C(=O)[C@H](C)NC(=O)Cc2cc(F)cc(F)c2)C(N)C(=O)N1. The van der Waals surface area contributed by atoms with Crippen molar-refractivity contribution in [2.24, 2.45) is 11.7 Å². The summed E-state index contributed by atoms with van der Waals surface area (Å²) >= 11 is 0. The highest BCUT2D eigenvalue weighted by Crippen LogP contribution is 2.19. The minimum Gasteiger partial charge on any atom is -0.352 e. The molecule has 1 aromatic rings. The first kappa shape index (κ1) is 19.0. The van der Waals surface area contributed by atoms with E-state index >= 15 is 0 Å². The van der Waals surface area contributed by atoms with Gasteiger partial charge in [0.05, 0.1) is 18.5 Å². The van der Waals surface area contributed by atoms with Gasteiger partial charge in [0.2, 0.25) is 11.8 Å². The molecule has 0 radical (unpaired) electrons. The smallest absolute Gasteiger partial charge is 0.237 e. The van der Waals surface area contributed by atoms with Crippen LogP contribution in [0.5, 0.6) is 0 Å². The van der Waals surface area contributed by atoms with Crippen molar-refractivity contribution in [1.29, 1.82) is 0 Å². The summed E-state index contributed by atoms with van der Waals surface area (Å²) in [4.78, 5) is 36.2. The number of nitrogens with two attached hydrogens (primary N) is 1. The van der Waals surface area contributed by atoms with Crippen molar-refractivity contribution in [1.82, 2.24) is 10.6 Å². The number of hydrogen-bond acceptors (Lipinski definition) is 4. The van der Waals surface area contributed by atoms with E-state index in [0.717, 1.165) is 12.1 Å². The van der Waals surface area contributed by atoms with Gasteiger partial charge in [-0.25, -0.2) is 8.78 Å². The van der Waals surface area contributed by atoms with E-state index < -0.39 is 41.5 Å². The van der Waals surface area contributed by atoms with E-state index in [1.807, 2.05) is 0 Å². The van der Waals surface area contributed by atoms with Crippen molar-refractivity contribution in [3.05, 3.63) is 35.4 Å². The van der Waals surface area contributed by atoms with Crippen LogP contribution < -0.4 is 16.4 Å². The van der Waals surface area contributed by atoms with Gasteiger partial charge in [-0.2, -0.15) is 0 Å². The molecule has 1 aromatic carbocycles. The molecule has 25 heavy (non-hydrogen) atoms. The average Bonchev–Trinajstić information content (AvgIpc) is 2.48. The third-order valence-corrected chi connectivity index (χ3v) is 4.19. The zero-order chi connectivity index (χ0) is 18.7. The van der Waals surface area contributed by atoms with E-state index in [4.69, 9.17) is 5.73 Å². The third kappa shape index (κ3) is 4.82. The molecule has 0 spiro atoms. The van der Waals surface area contributed by atoms with Crippen molar-refractivity contribution in [2.75, 3.05) is 0 Å². The molecule has 2 amide bonds. The largest absolute Gasteiger partial charge is 0.352 e. The molecule has 4 N–H and O–H groups in total. The Bertz CT molecular complexity index is 675. The Balaban J connectivity index is 1.98. The van der Waals surface area contributed by atoms with Crippen LogP contribution in [-0.4, -0.2) is 35.7 Å². The van der Waals surface area contributed by atoms with Crippen LogP contribution in [0.2, 0.25) is 0 Å². The molecule has 1 aliphatic rings. The molecule has 136 valence electrons. The number of rotatable bonds is 5. The number of halogens is 2. The van der Waals surface area contributed by atoms with Gasteiger partial charge < -0.3 is 16.4 Å². The fourth-order valence-corrected chi connectivity index (χ4v) is 2.98. The van der Waals surface area contributed by atoms with Gasteiger partial charge in [0.1, 0.15) is 11.6 Å². The summed E-state index contributed by atoms with van der Waals surface area (Å²) in [5.41, 5.74) is 5.95. The lowest BCUT2D eigenvalue weighted by Crippen LogP contribution is -2.59. The van der Waals surface area contributed by atoms with Gasteiger partial charge in [-0.15, -0.1) is 0 Å². The molecule has 2 unspecified atom stereocenters. The van der Waals surface area contributed by atoms with Gasteiger partial charge in [0, 0.05) is 18.0 Å². The highest BCUT2D eigenvalue weighted by molar-refractivity contribution is 5.96. The monoisotopic (exact) mass is 353 g/mol. The lowest BCUT2D eigenvalue weighted by Gasteiger charge is -2.33. The highest BCUT2D eigenvalue weighted by atomic mass is 19.1. The van der Waals surface area contributed by atoms with Gasteiger partial charge in [-0.1, -0.05) is 0 Å². The Labute approximate surface area is 144 Å². The van der Waals surface area contributed by atoms with Crippen LogP contribution in [0, 0.1) is 17.6 Å². The number of benzene rings is 1. The standard InChI is InChI=1S/C17H21F2N3O3/c1-8-3-13(15(20)17(25)21-8)16(24)9(2)22-14(23)6-10-4-11(18)7-12(19)5-10/h4-5,7-9,13,15H,3,6,20H2,1-2H3,(H,21,25)(H,22,23)/t8?,9-,13-,15?/m0/s1. The Morgan fingerprint density at radius 3 is 2.52 bits per heavy atom. The number of amides is 2. The Morgan fingerprint density at radius 1 is 1.32 bits per heavy atom. The summed E-state index contributed by atoms with van der Waals surface area (Å²) in [6.45, 7) is 3.27. The molecule has 1 saturated heterocycles. The van der Waals surface area contributed by atoms with Gasteiger partial charge in [0.25, 0.3) is 0 Å². The van der Waals surface area contributed by atoms with E-state index in [-0.39, 0.29) is 23.8 Å². The van der Waals surface area contributed by atoms with E-state index in [9.17, 15) is 23.2 Å². The molecule has 0 aromatic heterocycles. The molecular formula is C17H21F2N3O3. The maximum Gasteiger partial charge on any atom is 0.237 e. The van der Waals surface area contributed by atoms with E-state index in [2.05, 4.69) is 10.6 Å². The van der Waals surface area contributed by atoms with Crippen LogP contribution in [0.1, 0.15) is 25.8 Å². The molecule has 0 bridgehead atoms. The second kappa shape index (κ2) is 7.69. The molecular weight excluding hydrogens is 332 g/mol. The third-order valence-electron chi connectivity index (χ3n) is 4.19. The zero-order valence-corrected chi connectivity index (χ0v) is 14.0. The minimum absolute atomic E-state index is 0.164. The normalized spacial score (nSPS) is 24.4. The Hall–Kier alpha value is -2.35. The van der Waals surface area contributed by atoms with Gasteiger partial charge in [-0.3, -0.25) is 14.4 Å². The topological polar surface area (TPSA) is 101 Å². The predicted molar refractivity (Wildman–Crippen MR) is 86.4 cm³/mol. The number of ketones is 1. The van der Waals surface area contributed by atoms with Crippen LogP contribution >= 0.6 is 0 Å². The van der Waals surface area contributed by atoms with Crippen LogP contribution in [0.25, 0.3) is 0 Å². The van der Waals surface area contributed by atoms with E-state index in [1.165, 1.54) is 6.92 Å². The van der Waals surface area contributed by atoms with Crippen LogP contribution in [0.3, 0.4) is 0 Å². The second-order valence-corrected chi connectivity index (χ2v) is 6.42. The highest BCUT2D eigenvalue weighted by Gasteiger charge is 2.38. The van der Waals surface area contributed by atoms with Crippen LogP contribution in [-0.2, 0) is 20.8 Å². The first-order valence-corrected chi connectivity index (χ1v) is 8.01. The second-order valence-electron chi connectivity index (χ2n) is 6.42. The van der Waals surface area contributed by atoms with Crippen LogP contribution in [0.15, 0.2) is 18.2 Å². The van der Waals surface area contributed by atoms with Crippen molar-refractivity contribution in [3.63, 3.8) is 0 Å². The molecule has 4 atom stereocenters. The maximum absolute atomic E-state index is 13.2. The lowest BCUT2D eigenvalue weighted by molar-refractivity contribution is -0.135. The molecule has 2 rings (SSSR count). The summed E-state index contributed by atoms with van der Waals surface area (Å²) in [7, 11) is 0. The van der Waals surface area contributed by atoms with Gasteiger partial charge in [-0.05, 0) is 38.0 Å².